The van der Waals surface area contributed by atoms with Crippen molar-refractivity contribution in [3.8, 4) is 11.1 Å². The lowest BCUT2D eigenvalue weighted by Gasteiger charge is -2.20. The molecular weight excluding hydrogens is 514 g/mol. The highest BCUT2D eigenvalue weighted by Crippen LogP contribution is 2.30. The predicted octanol–water partition coefficient (Wildman–Crippen LogP) is 5.73. The highest BCUT2D eigenvalue weighted by atomic mass is 32.2. The van der Waals surface area contributed by atoms with Crippen LogP contribution in [0.3, 0.4) is 0 Å². The highest BCUT2D eigenvalue weighted by Gasteiger charge is 2.24. The lowest BCUT2D eigenvalue weighted by atomic mass is 9.93. The molecule has 2 N–H and O–H groups in total. The standard InChI is InChI=1S/C31H37NO6S/c1-4-5-15-29(24-12-7-6-8-13-24)38-21-23-16-17-26(27(20-23)25-14-10-9-11-22(25)2)30(33)32-28(31(34)35)18-19-39(3,36)37/h6-14,16-17,20,28-29H,4-5,15,18-19,21H2,1-3H3,(H,32,33)(H,34,35). The third kappa shape index (κ3) is 9.04. The first-order valence-corrected chi connectivity index (χ1v) is 15.2. The van der Waals surface area contributed by atoms with Crippen molar-refractivity contribution in [2.45, 2.75) is 58.3 Å². The Morgan fingerprint density at radius 3 is 2.28 bits per heavy atom. The van der Waals surface area contributed by atoms with E-state index in [2.05, 4.69) is 24.4 Å². The quantitative estimate of drug-likeness (QED) is 0.265. The average molecular weight is 552 g/mol. The largest absolute Gasteiger partial charge is 0.480 e. The Morgan fingerprint density at radius 1 is 0.949 bits per heavy atom. The number of benzene rings is 3. The second-order valence-corrected chi connectivity index (χ2v) is 12.1. The van der Waals surface area contributed by atoms with Gasteiger partial charge in [-0.15, -0.1) is 0 Å². The number of unbranched alkanes of at least 4 members (excludes halogenated alkanes) is 1. The van der Waals surface area contributed by atoms with E-state index >= 15 is 0 Å². The molecule has 2 unspecified atom stereocenters. The van der Waals surface area contributed by atoms with E-state index < -0.39 is 27.8 Å². The summed E-state index contributed by atoms with van der Waals surface area (Å²) in [4.78, 5) is 25.1. The second kappa shape index (κ2) is 14.1. The summed E-state index contributed by atoms with van der Waals surface area (Å²) in [5, 5.41) is 12.1. The van der Waals surface area contributed by atoms with Crippen molar-refractivity contribution in [3.63, 3.8) is 0 Å². The number of carbonyl (C=O) groups excluding carboxylic acids is 1. The van der Waals surface area contributed by atoms with Gasteiger partial charge < -0.3 is 15.2 Å². The predicted molar refractivity (Wildman–Crippen MR) is 153 cm³/mol. The number of ether oxygens (including phenoxy) is 1. The summed E-state index contributed by atoms with van der Waals surface area (Å²) in [5.41, 5.74) is 4.77. The van der Waals surface area contributed by atoms with Gasteiger partial charge in [-0.3, -0.25) is 4.79 Å². The molecule has 0 aliphatic heterocycles. The van der Waals surface area contributed by atoms with E-state index in [0.29, 0.717) is 17.7 Å². The third-order valence-corrected chi connectivity index (χ3v) is 7.56. The van der Waals surface area contributed by atoms with Crippen LogP contribution >= 0.6 is 0 Å². The van der Waals surface area contributed by atoms with Crippen LogP contribution in [-0.4, -0.2) is 43.5 Å². The van der Waals surface area contributed by atoms with Gasteiger partial charge in [0.1, 0.15) is 15.9 Å². The molecule has 0 radical (unpaired) electrons. The molecule has 2 atom stereocenters. The second-order valence-electron chi connectivity index (χ2n) is 9.83. The van der Waals surface area contributed by atoms with Gasteiger partial charge in [0.15, 0.2) is 0 Å². The van der Waals surface area contributed by atoms with E-state index in [1.807, 2.05) is 61.5 Å². The lowest BCUT2D eigenvalue weighted by Crippen LogP contribution is -2.42. The highest BCUT2D eigenvalue weighted by molar-refractivity contribution is 7.90. The molecule has 0 aliphatic carbocycles. The van der Waals surface area contributed by atoms with Crippen LogP contribution in [0, 0.1) is 6.92 Å². The average Bonchev–Trinajstić information content (AvgIpc) is 2.91. The van der Waals surface area contributed by atoms with E-state index in [4.69, 9.17) is 4.74 Å². The van der Waals surface area contributed by atoms with Crippen molar-refractivity contribution >= 4 is 21.7 Å². The molecule has 208 valence electrons. The first-order chi connectivity index (χ1) is 18.6. The minimum atomic E-state index is -3.38. The minimum Gasteiger partial charge on any atom is -0.480 e. The van der Waals surface area contributed by atoms with Gasteiger partial charge in [0.25, 0.3) is 5.91 Å². The van der Waals surface area contributed by atoms with E-state index in [-0.39, 0.29) is 18.3 Å². The van der Waals surface area contributed by atoms with Crippen LogP contribution in [0.25, 0.3) is 11.1 Å². The Bertz CT molecular complexity index is 1370. The Hall–Kier alpha value is -3.49. The Balaban J connectivity index is 1.90. The normalized spacial score (nSPS) is 13.0. The maximum Gasteiger partial charge on any atom is 0.326 e. The van der Waals surface area contributed by atoms with Crippen molar-refractivity contribution in [2.75, 3.05) is 12.0 Å². The van der Waals surface area contributed by atoms with Crippen LogP contribution in [-0.2, 0) is 26.0 Å². The molecule has 0 saturated carbocycles. The number of amides is 1. The van der Waals surface area contributed by atoms with Gasteiger partial charge in [0.05, 0.1) is 18.5 Å². The van der Waals surface area contributed by atoms with E-state index in [1.165, 1.54) is 0 Å². The molecule has 3 aromatic rings. The summed E-state index contributed by atoms with van der Waals surface area (Å²) in [5.74, 6) is -2.20. The monoisotopic (exact) mass is 551 g/mol. The first kappa shape index (κ1) is 30.1. The molecule has 0 spiro atoms. The summed E-state index contributed by atoms with van der Waals surface area (Å²) in [7, 11) is -3.38. The molecule has 3 aromatic carbocycles. The lowest BCUT2D eigenvalue weighted by molar-refractivity contribution is -0.139. The van der Waals surface area contributed by atoms with Gasteiger partial charge in [-0.1, -0.05) is 80.4 Å². The zero-order valence-corrected chi connectivity index (χ0v) is 23.5. The van der Waals surface area contributed by atoms with Crippen molar-refractivity contribution in [2.24, 2.45) is 0 Å². The smallest absolute Gasteiger partial charge is 0.326 e. The number of carboxylic acids is 1. The minimum absolute atomic E-state index is 0.0535. The maximum absolute atomic E-state index is 13.3. The van der Waals surface area contributed by atoms with Crippen LogP contribution in [0.15, 0.2) is 72.8 Å². The van der Waals surface area contributed by atoms with Gasteiger partial charge in [-0.25, -0.2) is 13.2 Å². The fourth-order valence-electron chi connectivity index (χ4n) is 4.40. The summed E-state index contributed by atoms with van der Waals surface area (Å²) in [6.45, 7) is 4.44. The summed E-state index contributed by atoms with van der Waals surface area (Å²) in [6, 6.07) is 21.8. The molecule has 0 heterocycles. The fraction of sp³-hybridized carbons (Fsp3) is 0.355. The Morgan fingerprint density at radius 2 is 1.64 bits per heavy atom. The molecule has 0 bridgehead atoms. The molecule has 7 nitrogen and oxygen atoms in total. The Kier molecular flexibility index (Phi) is 10.8. The van der Waals surface area contributed by atoms with Gasteiger partial charge >= 0.3 is 5.97 Å². The van der Waals surface area contributed by atoms with E-state index in [0.717, 1.165) is 47.8 Å². The summed E-state index contributed by atoms with van der Waals surface area (Å²) >= 11 is 0. The number of aliphatic carboxylic acids is 1. The van der Waals surface area contributed by atoms with E-state index in [1.54, 1.807) is 6.07 Å². The van der Waals surface area contributed by atoms with Crippen molar-refractivity contribution in [3.05, 3.63) is 95.1 Å². The van der Waals surface area contributed by atoms with Crippen LogP contribution < -0.4 is 5.32 Å². The maximum atomic E-state index is 13.3. The molecular formula is C31H37NO6S. The number of carbonyl (C=O) groups is 2. The number of sulfone groups is 1. The van der Waals surface area contributed by atoms with Gasteiger partial charge in [0, 0.05) is 11.8 Å². The summed E-state index contributed by atoms with van der Waals surface area (Å²) < 4.78 is 29.5. The molecule has 0 saturated heterocycles. The third-order valence-electron chi connectivity index (χ3n) is 6.59. The Labute approximate surface area is 231 Å². The fourth-order valence-corrected chi connectivity index (χ4v) is 5.07. The molecule has 0 aliphatic rings. The van der Waals surface area contributed by atoms with Crippen LogP contribution in [0.4, 0.5) is 0 Å². The van der Waals surface area contributed by atoms with Crippen LogP contribution in [0.2, 0.25) is 0 Å². The van der Waals surface area contributed by atoms with Crippen molar-refractivity contribution in [1.29, 1.82) is 0 Å². The molecule has 0 fully saturated rings. The zero-order chi connectivity index (χ0) is 28.4. The number of nitrogens with one attached hydrogen (secondary N) is 1. The molecule has 8 heteroatoms. The first-order valence-electron chi connectivity index (χ1n) is 13.2. The van der Waals surface area contributed by atoms with Gasteiger partial charge in [-0.05, 0) is 59.7 Å². The molecule has 0 aromatic heterocycles. The topological polar surface area (TPSA) is 110 Å². The summed E-state index contributed by atoms with van der Waals surface area (Å²) in [6.07, 6.45) is 3.77. The van der Waals surface area contributed by atoms with Crippen LogP contribution in [0.5, 0.6) is 0 Å². The SMILES string of the molecule is CCCCC(OCc1ccc(C(=O)NC(CCS(C)(=O)=O)C(=O)O)c(-c2ccccc2C)c1)c1ccccc1. The van der Waals surface area contributed by atoms with Crippen molar-refractivity contribution < 1.29 is 27.9 Å². The van der Waals surface area contributed by atoms with Gasteiger partial charge in [-0.2, -0.15) is 0 Å². The number of hydrogen-bond acceptors (Lipinski definition) is 5. The number of aryl methyl sites for hydroxylation is 1. The molecule has 3 rings (SSSR count). The molecule has 1 amide bonds. The van der Waals surface area contributed by atoms with Crippen LogP contribution in [0.1, 0.15) is 65.8 Å². The van der Waals surface area contributed by atoms with Gasteiger partial charge in [0.2, 0.25) is 0 Å². The molecule has 39 heavy (non-hydrogen) atoms. The zero-order valence-electron chi connectivity index (χ0n) is 22.7. The number of rotatable bonds is 14. The van der Waals surface area contributed by atoms with E-state index in [9.17, 15) is 23.1 Å². The van der Waals surface area contributed by atoms with Crippen molar-refractivity contribution in [1.82, 2.24) is 5.32 Å². The number of carboxylic acid groups (broad SMARTS) is 1. The number of hydrogen-bond donors (Lipinski definition) is 2.